The van der Waals surface area contributed by atoms with Gasteiger partial charge in [-0.3, -0.25) is 19.4 Å². The fourth-order valence-corrected chi connectivity index (χ4v) is 2.49. The Morgan fingerprint density at radius 2 is 1.67 bits per heavy atom. The van der Waals surface area contributed by atoms with Crippen molar-refractivity contribution in [3.8, 4) is 0 Å². The number of carbonyl (C=O) groups is 2. The van der Waals surface area contributed by atoms with Crippen LogP contribution in [0.25, 0.3) is 11.0 Å². The van der Waals surface area contributed by atoms with Crippen LogP contribution >= 0.6 is 0 Å². The van der Waals surface area contributed by atoms with E-state index in [2.05, 4.69) is 15.6 Å². The molecule has 1 aromatic heterocycles. The third-order valence-electron chi connectivity index (χ3n) is 3.51. The highest BCUT2D eigenvalue weighted by molar-refractivity contribution is 5.79. The minimum absolute atomic E-state index is 0.0619. The standard InChI is InChI=1S/C16H22N4O4/c1-3-10-19-12-7-5-6-8-13(12)20(16(19)23)11-9-14(21)17-18-15(22)24-4-2/h5-8H,3-4,9-11H2,1-2H3,(H,17,21)(H,18,22). The van der Waals surface area contributed by atoms with Gasteiger partial charge in [-0.1, -0.05) is 19.1 Å². The maximum atomic E-state index is 12.5. The second-order valence-electron chi connectivity index (χ2n) is 5.22. The summed E-state index contributed by atoms with van der Waals surface area (Å²) in [5.74, 6) is -0.401. The molecule has 0 aliphatic rings. The van der Waals surface area contributed by atoms with Gasteiger partial charge < -0.3 is 4.74 Å². The number of carbonyl (C=O) groups excluding carboxylic acids is 2. The van der Waals surface area contributed by atoms with Crippen LogP contribution in [0.5, 0.6) is 0 Å². The van der Waals surface area contributed by atoms with Crippen LogP contribution in [0.3, 0.4) is 0 Å². The number of hydrazine groups is 1. The van der Waals surface area contributed by atoms with Gasteiger partial charge in [0.1, 0.15) is 0 Å². The van der Waals surface area contributed by atoms with E-state index < -0.39 is 12.0 Å². The van der Waals surface area contributed by atoms with Crippen LogP contribution in [0.1, 0.15) is 26.7 Å². The number of nitrogens with one attached hydrogen (secondary N) is 2. The number of amides is 2. The molecule has 0 spiro atoms. The van der Waals surface area contributed by atoms with E-state index in [4.69, 9.17) is 0 Å². The molecule has 8 nitrogen and oxygen atoms in total. The zero-order valence-corrected chi connectivity index (χ0v) is 13.9. The van der Waals surface area contributed by atoms with Crippen LogP contribution in [-0.2, 0) is 22.6 Å². The van der Waals surface area contributed by atoms with Crippen molar-refractivity contribution in [1.29, 1.82) is 0 Å². The lowest BCUT2D eigenvalue weighted by Crippen LogP contribution is -2.42. The first kappa shape index (κ1) is 17.6. The van der Waals surface area contributed by atoms with E-state index in [0.717, 1.165) is 17.5 Å². The van der Waals surface area contributed by atoms with Gasteiger partial charge in [0.2, 0.25) is 5.91 Å². The number of imidazole rings is 1. The summed E-state index contributed by atoms with van der Waals surface area (Å²) in [6.45, 7) is 4.75. The third kappa shape index (κ3) is 3.95. The first-order valence-corrected chi connectivity index (χ1v) is 7.98. The molecule has 2 aromatic rings. The fourth-order valence-electron chi connectivity index (χ4n) is 2.49. The number of hydrogen-bond acceptors (Lipinski definition) is 4. The Labute approximate surface area is 139 Å². The Morgan fingerprint density at radius 1 is 1.04 bits per heavy atom. The van der Waals surface area contributed by atoms with Crippen LogP contribution in [0.15, 0.2) is 29.1 Å². The Bertz CT molecular complexity index is 778. The van der Waals surface area contributed by atoms with Gasteiger partial charge in [0.05, 0.1) is 17.6 Å². The highest BCUT2D eigenvalue weighted by atomic mass is 16.5. The Morgan fingerprint density at radius 3 is 2.25 bits per heavy atom. The predicted octanol–water partition coefficient (Wildman–Crippen LogP) is 1.38. The molecule has 0 aliphatic carbocycles. The maximum Gasteiger partial charge on any atom is 0.426 e. The average Bonchev–Trinajstić information content (AvgIpc) is 2.84. The highest BCUT2D eigenvalue weighted by Gasteiger charge is 2.13. The number of aromatic nitrogens is 2. The molecule has 0 saturated carbocycles. The molecule has 2 rings (SSSR count). The van der Waals surface area contributed by atoms with E-state index >= 15 is 0 Å². The topological polar surface area (TPSA) is 94.4 Å². The molecule has 0 radical (unpaired) electrons. The molecular formula is C16H22N4O4. The molecule has 0 unspecified atom stereocenters. The van der Waals surface area contributed by atoms with Crippen LogP contribution in [0, 0.1) is 0 Å². The molecule has 0 saturated heterocycles. The molecule has 0 aliphatic heterocycles. The molecule has 0 bridgehead atoms. The van der Waals surface area contributed by atoms with Gasteiger partial charge in [0.15, 0.2) is 0 Å². The number of ether oxygens (including phenoxy) is 1. The van der Waals surface area contributed by atoms with E-state index in [9.17, 15) is 14.4 Å². The minimum atomic E-state index is -0.720. The van der Waals surface area contributed by atoms with Gasteiger partial charge in [0, 0.05) is 19.5 Å². The number of hydrogen-bond donors (Lipinski definition) is 2. The zero-order chi connectivity index (χ0) is 17.5. The summed E-state index contributed by atoms with van der Waals surface area (Å²) >= 11 is 0. The second kappa shape index (κ2) is 8.19. The summed E-state index contributed by atoms with van der Waals surface area (Å²) in [5.41, 5.74) is 5.91. The van der Waals surface area contributed by atoms with Gasteiger partial charge in [-0.15, -0.1) is 0 Å². The molecule has 1 heterocycles. The normalized spacial score (nSPS) is 10.6. The molecular weight excluding hydrogens is 312 g/mol. The van der Waals surface area contributed by atoms with Crippen molar-refractivity contribution in [2.45, 2.75) is 39.8 Å². The van der Waals surface area contributed by atoms with Crippen LogP contribution in [0.4, 0.5) is 4.79 Å². The maximum absolute atomic E-state index is 12.5. The van der Waals surface area contributed by atoms with Crippen LogP contribution in [0.2, 0.25) is 0 Å². The lowest BCUT2D eigenvalue weighted by molar-refractivity contribution is -0.122. The van der Waals surface area contributed by atoms with Gasteiger partial charge in [-0.25, -0.2) is 15.0 Å². The molecule has 0 fully saturated rings. The molecule has 2 N–H and O–H groups in total. The third-order valence-corrected chi connectivity index (χ3v) is 3.51. The Hall–Kier alpha value is -2.77. The SMILES string of the molecule is CCCn1c(=O)n(CCC(=O)NNC(=O)OCC)c2ccccc21. The van der Waals surface area contributed by atoms with Crippen LogP contribution in [-0.4, -0.2) is 27.7 Å². The minimum Gasteiger partial charge on any atom is -0.449 e. The molecule has 8 heteroatoms. The Balaban J connectivity index is 2.07. The number of aryl methyl sites for hydroxylation is 2. The number of fused-ring (bicyclic) bond motifs is 1. The predicted molar refractivity (Wildman–Crippen MR) is 89.4 cm³/mol. The van der Waals surface area contributed by atoms with Crippen molar-refractivity contribution in [1.82, 2.24) is 20.0 Å². The quantitative estimate of drug-likeness (QED) is 0.780. The molecule has 2 amide bonds. The summed E-state index contributed by atoms with van der Waals surface area (Å²) in [6.07, 6.45) is 0.187. The molecule has 24 heavy (non-hydrogen) atoms. The van der Waals surface area contributed by atoms with Gasteiger partial charge in [-0.2, -0.15) is 0 Å². The van der Waals surface area contributed by atoms with E-state index in [1.807, 2.05) is 31.2 Å². The van der Waals surface area contributed by atoms with Crippen molar-refractivity contribution < 1.29 is 14.3 Å². The highest BCUT2D eigenvalue weighted by Crippen LogP contribution is 2.13. The van der Waals surface area contributed by atoms with Gasteiger partial charge in [-0.05, 0) is 25.5 Å². The summed E-state index contributed by atoms with van der Waals surface area (Å²) < 4.78 is 7.93. The monoisotopic (exact) mass is 334 g/mol. The molecule has 130 valence electrons. The second-order valence-corrected chi connectivity index (χ2v) is 5.22. The van der Waals surface area contributed by atoms with Crippen molar-refractivity contribution in [2.75, 3.05) is 6.61 Å². The van der Waals surface area contributed by atoms with Gasteiger partial charge >= 0.3 is 11.8 Å². The number of rotatable bonds is 6. The summed E-state index contributed by atoms with van der Waals surface area (Å²) in [6, 6.07) is 7.49. The van der Waals surface area contributed by atoms with E-state index in [0.29, 0.717) is 6.54 Å². The number of nitrogens with zero attached hydrogens (tertiary/aromatic N) is 2. The van der Waals surface area contributed by atoms with Crippen molar-refractivity contribution in [3.63, 3.8) is 0 Å². The summed E-state index contributed by atoms with van der Waals surface area (Å²) in [4.78, 5) is 35.5. The summed E-state index contributed by atoms with van der Waals surface area (Å²) in [7, 11) is 0. The first-order chi connectivity index (χ1) is 11.6. The fraction of sp³-hybridized carbons (Fsp3) is 0.438. The average molecular weight is 334 g/mol. The lowest BCUT2D eigenvalue weighted by atomic mass is 10.3. The molecule has 0 atom stereocenters. The smallest absolute Gasteiger partial charge is 0.426 e. The van der Waals surface area contributed by atoms with Crippen molar-refractivity contribution in [3.05, 3.63) is 34.7 Å². The number of benzene rings is 1. The molecule has 1 aromatic carbocycles. The summed E-state index contributed by atoms with van der Waals surface area (Å²) in [5, 5.41) is 0. The van der Waals surface area contributed by atoms with E-state index in [1.54, 1.807) is 16.1 Å². The van der Waals surface area contributed by atoms with E-state index in [-0.39, 0.29) is 25.3 Å². The zero-order valence-electron chi connectivity index (χ0n) is 13.9. The van der Waals surface area contributed by atoms with E-state index in [1.165, 1.54) is 0 Å². The first-order valence-electron chi connectivity index (χ1n) is 7.98. The van der Waals surface area contributed by atoms with Crippen molar-refractivity contribution >= 4 is 23.0 Å². The largest absolute Gasteiger partial charge is 0.449 e. The van der Waals surface area contributed by atoms with Crippen molar-refractivity contribution in [2.24, 2.45) is 0 Å². The van der Waals surface area contributed by atoms with Gasteiger partial charge in [0.25, 0.3) is 0 Å². The Kier molecular flexibility index (Phi) is 6.00. The number of para-hydroxylation sites is 2. The lowest BCUT2D eigenvalue weighted by Gasteiger charge is -2.07. The van der Waals surface area contributed by atoms with Crippen LogP contribution < -0.4 is 16.5 Å².